The number of carboxylic acids is 1. The van der Waals surface area contributed by atoms with Gasteiger partial charge in [0.25, 0.3) is 0 Å². The van der Waals surface area contributed by atoms with Gasteiger partial charge in [0.05, 0.1) is 13.1 Å². The van der Waals surface area contributed by atoms with Gasteiger partial charge in [0, 0.05) is 24.9 Å². The van der Waals surface area contributed by atoms with Crippen molar-refractivity contribution >= 4 is 18.0 Å². The van der Waals surface area contributed by atoms with Gasteiger partial charge in [-0.3, -0.25) is 9.69 Å². The quantitative estimate of drug-likeness (QED) is 0.516. The number of amides is 2. The molecule has 0 bridgehead atoms. The second-order valence-electron chi connectivity index (χ2n) is 7.76. The second-order valence-corrected chi connectivity index (χ2v) is 7.76. The Hall–Kier alpha value is -2.90. The molecule has 0 aliphatic carbocycles. The van der Waals surface area contributed by atoms with Crippen molar-refractivity contribution < 1.29 is 28.6 Å². The Bertz CT molecular complexity index is 828. The molecule has 1 N–H and O–H groups in total. The first-order valence-corrected chi connectivity index (χ1v) is 10.3. The fourth-order valence-electron chi connectivity index (χ4n) is 4.00. The minimum atomic E-state index is -1.11. The van der Waals surface area contributed by atoms with Crippen LogP contribution in [0.1, 0.15) is 49.7 Å². The summed E-state index contributed by atoms with van der Waals surface area (Å²) in [6.07, 6.45) is 4.20. The summed E-state index contributed by atoms with van der Waals surface area (Å²) in [6, 6.07) is 3.70. The van der Waals surface area contributed by atoms with E-state index < -0.39 is 24.2 Å². The van der Waals surface area contributed by atoms with Crippen LogP contribution in [-0.2, 0) is 27.4 Å². The Morgan fingerprint density at radius 2 is 2.03 bits per heavy atom. The number of fused-ring (bicyclic) bond motifs is 1. The molecule has 2 atom stereocenters. The Morgan fingerprint density at radius 1 is 1.23 bits per heavy atom. The Balaban J connectivity index is 1.54. The first-order valence-electron chi connectivity index (χ1n) is 10.3. The number of unbranched alkanes of at least 4 members (excludes halogenated alkanes) is 3. The molecule has 1 aromatic rings. The first-order chi connectivity index (χ1) is 14.4. The molecule has 0 spiro atoms. The average molecular weight is 418 g/mol. The van der Waals surface area contributed by atoms with Crippen LogP contribution in [-0.4, -0.2) is 51.6 Å². The SMILES string of the molecule is C=CCCCCCC(=O)N1C[C@H](OC(=O)N2Cc3cccc(F)c3C2)C[C@H]1C(=O)O. The molecular formula is C22H27FN2O5. The van der Waals surface area contributed by atoms with Gasteiger partial charge >= 0.3 is 12.1 Å². The van der Waals surface area contributed by atoms with Gasteiger partial charge in [0.1, 0.15) is 18.0 Å². The van der Waals surface area contributed by atoms with Crippen molar-refractivity contribution in [2.75, 3.05) is 6.54 Å². The molecule has 3 rings (SSSR count). The molecule has 30 heavy (non-hydrogen) atoms. The molecule has 8 heteroatoms. The van der Waals surface area contributed by atoms with Crippen LogP contribution in [0.2, 0.25) is 0 Å². The van der Waals surface area contributed by atoms with Crippen molar-refractivity contribution in [3.63, 3.8) is 0 Å². The highest BCUT2D eigenvalue weighted by atomic mass is 19.1. The van der Waals surface area contributed by atoms with Crippen LogP contribution in [0, 0.1) is 5.82 Å². The number of aliphatic carboxylic acids is 1. The maximum atomic E-state index is 13.9. The molecule has 1 saturated heterocycles. The number of benzene rings is 1. The lowest BCUT2D eigenvalue weighted by Crippen LogP contribution is -2.40. The summed E-state index contributed by atoms with van der Waals surface area (Å²) in [7, 11) is 0. The summed E-state index contributed by atoms with van der Waals surface area (Å²) >= 11 is 0. The molecule has 2 aliphatic rings. The van der Waals surface area contributed by atoms with Gasteiger partial charge in [-0.2, -0.15) is 0 Å². The Morgan fingerprint density at radius 3 is 2.73 bits per heavy atom. The molecule has 162 valence electrons. The molecular weight excluding hydrogens is 391 g/mol. The number of carboxylic acid groups (broad SMARTS) is 1. The standard InChI is InChI=1S/C22H27FN2O5/c1-2-3-4-5-6-10-20(26)25-13-16(11-19(25)21(27)28)30-22(29)24-12-15-8-7-9-18(23)17(15)14-24/h2,7-9,16,19H,1,3-6,10-14H2,(H,27,28)/t16-,19+/m1/s1. The number of hydrogen-bond donors (Lipinski definition) is 1. The smallest absolute Gasteiger partial charge is 0.410 e. The minimum absolute atomic E-state index is 0.0540. The van der Waals surface area contributed by atoms with Crippen LogP contribution in [0.25, 0.3) is 0 Å². The van der Waals surface area contributed by atoms with Crippen molar-refractivity contribution in [2.45, 2.75) is 63.8 Å². The van der Waals surface area contributed by atoms with Crippen LogP contribution in [0.5, 0.6) is 0 Å². The van der Waals surface area contributed by atoms with E-state index in [4.69, 9.17) is 4.74 Å². The van der Waals surface area contributed by atoms with E-state index in [0.717, 1.165) is 24.8 Å². The number of carbonyl (C=O) groups excluding carboxylic acids is 2. The third-order valence-electron chi connectivity index (χ3n) is 5.62. The molecule has 0 aromatic heterocycles. The zero-order valence-electron chi connectivity index (χ0n) is 16.9. The van der Waals surface area contributed by atoms with E-state index in [2.05, 4.69) is 6.58 Å². The summed E-state index contributed by atoms with van der Waals surface area (Å²) in [4.78, 5) is 39.3. The predicted molar refractivity (Wildman–Crippen MR) is 107 cm³/mol. The summed E-state index contributed by atoms with van der Waals surface area (Å²) in [5, 5.41) is 9.49. The van der Waals surface area contributed by atoms with Crippen molar-refractivity contribution in [3.05, 3.63) is 47.8 Å². The molecule has 0 unspecified atom stereocenters. The summed E-state index contributed by atoms with van der Waals surface area (Å²) in [5.74, 6) is -1.71. The van der Waals surface area contributed by atoms with Crippen molar-refractivity contribution in [2.24, 2.45) is 0 Å². The van der Waals surface area contributed by atoms with E-state index in [-0.39, 0.29) is 44.2 Å². The number of halogens is 1. The van der Waals surface area contributed by atoms with E-state index in [1.807, 2.05) is 6.08 Å². The molecule has 0 radical (unpaired) electrons. The van der Waals surface area contributed by atoms with Gasteiger partial charge in [0.15, 0.2) is 0 Å². The van der Waals surface area contributed by atoms with Crippen LogP contribution in [0.4, 0.5) is 9.18 Å². The van der Waals surface area contributed by atoms with Crippen molar-refractivity contribution in [3.8, 4) is 0 Å². The number of nitrogens with zero attached hydrogens (tertiary/aromatic N) is 2. The van der Waals surface area contributed by atoms with Crippen LogP contribution < -0.4 is 0 Å². The van der Waals surface area contributed by atoms with Crippen LogP contribution in [0.3, 0.4) is 0 Å². The van der Waals surface area contributed by atoms with E-state index in [9.17, 15) is 23.9 Å². The highest BCUT2D eigenvalue weighted by Crippen LogP contribution is 2.28. The van der Waals surface area contributed by atoms with Gasteiger partial charge in [-0.25, -0.2) is 14.0 Å². The molecule has 1 aromatic carbocycles. The fourth-order valence-corrected chi connectivity index (χ4v) is 4.00. The normalized spacial score (nSPS) is 20.2. The summed E-state index contributed by atoms with van der Waals surface area (Å²) in [6.45, 7) is 4.08. The van der Waals surface area contributed by atoms with Gasteiger partial charge in [-0.05, 0) is 30.9 Å². The molecule has 2 heterocycles. The minimum Gasteiger partial charge on any atom is -0.480 e. The second kappa shape index (κ2) is 9.73. The zero-order chi connectivity index (χ0) is 21.7. The first kappa shape index (κ1) is 21.8. The maximum absolute atomic E-state index is 13.9. The van der Waals surface area contributed by atoms with E-state index in [0.29, 0.717) is 12.0 Å². The number of allylic oxidation sites excluding steroid dienone is 1. The van der Waals surface area contributed by atoms with Gasteiger partial charge in [-0.1, -0.05) is 24.6 Å². The summed E-state index contributed by atoms with van der Waals surface area (Å²) in [5.41, 5.74) is 1.20. The van der Waals surface area contributed by atoms with Crippen LogP contribution >= 0.6 is 0 Å². The third-order valence-corrected chi connectivity index (χ3v) is 5.62. The summed E-state index contributed by atoms with van der Waals surface area (Å²) < 4.78 is 19.4. The van der Waals surface area contributed by atoms with E-state index >= 15 is 0 Å². The molecule has 7 nitrogen and oxygen atoms in total. The number of carbonyl (C=O) groups is 3. The highest BCUT2D eigenvalue weighted by molar-refractivity contribution is 5.84. The van der Waals surface area contributed by atoms with Gasteiger partial charge < -0.3 is 14.7 Å². The van der Waals surface area contributed by atoms with Crippen molar-refractivity contribution in [1.82, 2.24) is 9.80 Å². The van der Waals surface area contributed by atoms with E-state index in [1.54, 1.807) is 12.1 Å². The lowest BCUT2D eigenvalue weighted by Gasteiger charge is -2.21. The van der Waals surface area contributed by atoms with E-state index in [1.165, 1.54) is 15.9 Å². The Labute approximate surface area is 175 Å². The lowest BCUT2D eigenvalue weighted by molar-refractivity contribution is -0.148. The van der Waals surface area contributed by atoms with Crippen LogP contribution in [0.15, 0.2) is 30.9 Å². The zero-order valence-corrected chi connectivity index (χ0v) is 16.9. The number of hydrogen-bond acceptors (Lipinski definition) is 4. The molecule has 1 fully saturated rings. The maximum Gasteiger partial charge on any atom is 0.410 e. The lowest BCUT2D eigenvalue weighted by atomic mass is 10.1. The Kier molecular flexibility index (Phi) is 7.07. The van der Waals surface area contributed by atoms with Gasteiger partial charge in [0.2, 0.25) is 5.91 Å². The number of ether oxygens (including phenoxy) is 1. The highest BCUT2D eigenvalue weighted by Gasteiger charge is 2.42. The third kappa shape index (κ3) is 4.98. The average Bonchev–Trinajstić information content (AvgIpc) is 3.33. The fraction of sp³-hybridized carbons (Fsp3) is 0.500. The molecule has 0 saturated carbocycles. The number of rotatable bonds is 8. The van der Waals surface area contributed by atoms with Gasteiger partial charge in [-0.15, -0.1) is 6.58 Å². The predicted octanol–water partition coefficient (Wildman–Crippen LogP) is 3.47. The largest absolute Gasteiger partial charge is 0.480 e. The monoisotopic (exact) mass is 418 g/mol. The molecule has 2 amide bonds. The molecule has 2 aliphatic heterocycles. The van der Waals surface area contributed by atoms with Crippen molar-refractivity contribution in [1.29, 1.82) is 0 Å². The topological polar surface area (TPSA) is 87.2 Å². The number of likely N-dealkylation sites (tertiary alicyclic amines) is 1.